The first-order chi connectivity index (χ1) is 11.2. The van der Waals surface area contributed by atoms with Crippen molar-refractivity contribution < 1.29 is 4.79 Å². The second-order valence-corrected chi connectivity index (χ2v) is 8.38. The van der Waals surface area contributed by atoms with Gasteiger partial charge in [0.2, 0.25) is 5.91 Å². The molecule has 4 atom stereocenters. The van der Waals surface area contributed by atoms with E-state index in [0.717, 1.165) is 32.1 Å². The molecule has 4 fully saturated rings. The van der Waals surface area contributed by atoms with Crippen molar-refractivity contribution in [1.82, 2.24) is 25.2 Å². The molecule has 4 saturated carbocycles. The molecule has 0 aliphatic heterocycles. The Morgan fingerprint density at radius 2 is 2.13 bits per heavy atom. The lowest BCUT2D eigenvalue weighted by molar-refractivity contribution is -0.152. The second kappa shape index (κ2) is 4.59. The average molecular weight is 330 g/mol. The fourth-order valence-corrected chi connectivity index (χ4v) is 6.14. The van der Waals surface area contributed by atoms with Crippen LogP contribution in [0.3, 0.4) is 0 Å². The lowest BCUT2D eigenvalue weighted by atomic mass is 9.46. The molecule has 0 saturated heterocycles. The van der Waals surface area contributed by atoms with Crippen LogP contribution in [-0.4, -0.2) is 31.1 Å². The number of carbonyl (C=O) groups excluding carboxylic acids is 1. The van der Waals surface area contributed by atoms with Gasteiger partial charge in [0, 0.05) is 11.6 Å². The molecular weight excluding hydrogens is 312 g/mol. The molecule has 0 aromatic carbocycles. The normalized spacial score (nSPS) is 37.9. The van der Waals surface area contributed by atoms with E-state index in [4.69, 9.17) is 0 Å². The van der Waals surface area contributed by atoms with Crippen LogP contribution in [0.1, 0.15) is 38.5 Å². The molecule has 8 heteroatoms. The molecule has 0 radical (unpaired) electrons. The van der Waals surface area contributed by atoms with Gasteiger partial charge in [0.1, 0.15) is 0 Å². The molecule has 120 valence electrons. The van der Waals surface area contributed by atoms with Crippen LogP contribution >= 0.6 is 11.3 Å². The third kappa shape index (κ3) is 1.97. The lowest BCUT2D eigenvalue weighted by Crippen LogP contribution is -2.60. The van der Waals surface area contributed by atoms with Gasteiger partial charge in [-0.1, -0.05) is 0 Å². The van der Waals surface area contributed by atoms with E-state index in [1.807, 2.05) is 5.38 Å². The summed E-state index contributed by atoms with van der Waals surface area (Å²) in [6.07, 6.45) is 9.40. The maximum Gasteiger partial charge on any atom is 0.232 e. The Kier molecular flexibility index (Phi) is 2.72. The zero-order valence-electron chi connectivity index (χ0n) is 12.7. The van der Waals surface area contributed by atoms with E-state index in [0.29, 0.717) is 17.0 Å². The molecule has 4 bridgehead atoms. The van der Waals surface area contributed by atoms with Gasteiger partial charge >= 0.3 is 0 Å². The molecule has 4 aliphatic carbocycles. The Balaban J connectivity index is 1.50. The highest BCUT2D eigenvalue weighted by molar-refractivity contribution is 7.13. The van der Waals surface area contributed by atoms with Crippen LogP contribution in [0, 0.1) is 17.3 Å². The van der Waals surface area contributed by atoms with Gasteiger partial charge in [0.05, 0.1) is 11.0 Å². The van der Waals surface area contributed by atoms with Gasteiger partial charge in [-0.25, -0.2) is 4.98 Å². The Hall–Kier alpha value is -1.83. The largest absolute Gasteiger partial charge is 0.301 e. The van der Waals surface area contributed by atoms with Crippen molar-refractivity contribution >= 4 is 22.4 Å². The molecule has 6 rings (SSSR count). The first-order valence-electron chi connectivity index (χ1n) is 8.12. The number of hydrogen-bond donors (Lipinski definition) is 1. The summed E-state index contributed by atoms with van der Waals surface area (Å²) >= 11 is 1.47. The highest BCUT2D eigenvalue weighted by Crippen LogP contribution is 2.64. The van der Waals surface area contributed by atoms with E-state index in [9.17, 15) is 4.79 Å². The van der Waals surface area contributed by atoms with Crippen LogP contribution in [-0.2, 0) is 10.3 Å². The van der Waals surface area contributed by atoms with E-state index in [2.05, 4.69) is 25.7 Å². The maximum atomic E-state index is 13.1. The van der Waals surface area contributed by atoms with Crippen LogP contribution in [0.2, 0.25) is 0 Å². The summed E-state index contributed by atoms with van der Waals surface area (Å²) in [4.78, 5) is 19.1. The number of nitrogens with one attached hydrogen (secondary N) is 1. The van der Waals surface area contributed by atoms with Crippen LogP contribution < -0.4 is 5.32 Å². The molecule has 0 spiro atoms. The van der Waals surface area contributed by atoms with Crippen LogP contribution in [0.15, 0.2) is 17.9 Å². The second-order valence-electron chi connectivity index (χ2n) is 7.48. The maximum absolute atomic E-state index is 13.1. The number of nitrogens with zero attached hydrogens (tertiary/aromatic N) is 5. The van der Waals surface area contributed by atoms with E-state index in [-0.39, 0.29) is 16.9 Å². The highest BCUT2D eigenvalue weighted by atomic mass is 32.1. The Morgan fingerprint density at radius 3 is 2.78 bits per heavy atom. The first-order valence-corrected chi connectivity index (χ1v) is 9.00. The Morgan fingerprint density at radius 1 is 1.30 bits per heavy atom. The average Bonchev–Trinajstić information content (AvgIpc) is 3.19. The van der Waals surface area contributed by atoms with Gasteiger partial charge in [-0.15, -0.1) is 21.5 Å². The fourth-order valence-electron chi connectivity index (χ4n) is 5.61. The molecular formula is C15H18N6OS. The van der Waals surface area contributed by atoms with Crippen LogP contribution in [0.25, 0.3) is 0 Å². The molecule has 2 heterocycles. The van der Waals surface area contributed by atoms with Gasteiger partial charge < -0.3 is 5.32 Å². The van der Waals surface area contributed by atoms with Crippen molar-refractivity contribution in [2.45, 2.75) is 44.1 Å². The Labute approximate surface area is 137 Å². The SMILES string of the molecule is O=C(Nc1nccs1)C12C[C@H]3C[C@@H](C1)CC(n1ncnn1)(C3)C2. The molecule has 7 nitrogen and oxygen atoms in total. The summed E-state index contributed by atoms with van der Waals surface area (Å²) in [5.41, 5.74) is -0.426. The summed E-state index contributed by atoms with van der Waals surface area (Å²) < 4.78 is 0. The molecule has 23 heavy (non-hydrogen) atoms. The zero-order valence-corrected chi connectivity index (χ0v) is 13.5. The Bertz CT molecular complexity index is 713. The van der Waals surface area contributed by atoms with Crippen molar-refractivity contribution in [1.29, 1.82) is 0 Å². The molecule has 1 amide bonds. The summed E-state index contributed by atoms with van der Waals surface area (Å²) in [6, 6.07) is 0. The number of anilines is 1. The van der Waals surface area contributed by atoms with Crippen molar-refractivity contribution in [2.24, 2.45) is 17.3 Å². The van der Waals surface area contributed by atoms with Crippen molar-refractivity contribution in [3.05, 3.63) is 17.9 Å². The molecule has 2 aromatic rings. The monoisotopic (exact) mass is 330 g/mol. The first kappa shape index (κ1) is 13.6. The zero-order chi connectivity index (χ0) is 15.5. The highest BCUT2D eigenvalue weighted by Gasteiger charge is 2.62. The number of carbonyl (C=O) groups is 1. The minimum Gasteiger partial charge on any atom is -0.301 e. The number of hydrogen-bond acceptors (Lipinski definition) is 6. The lowest BCUT2D eigenvalue weighted by Gasteiger charge is -2.60. The summed E-state index contributed by atoms with van der Waals surface area (Å²) in [6.45, 7) is 0. The van der Waals surface area contributed by atoms with Crippen molar-refractivity contribution in [3.8, 4) is 0 Å². The smallest absolute Gasteiger partial charge is 0.232 e. The minimum atomic E-state index is -0.302. The fraction of sp³-hybridized carbons (Fsp3) is 0.667. The van der Waals surface area contributed by atoms with Gasteiger partial charge in [-0.2, -0.15) is 4.80 Å². The van der Waals surface area contributed by atoms with Gasteiger partial charge in [0.15, 0.2) is 11.5 Å². The third-order valence-corrected chi connectivity index (χ3v) is 6.63. The number of thiazole rings is 1. The number of amides is 1. The van der Waals surface area contributed by atoms with Gasteiger partial charge in [-0.3, -0.25) is 4.79 Å². The van der Waals surface area contributed by atoms with Crippen molar-refractivity contribution in [3.63, 3.8) is 0 Å². The summed E-state index contributed by atoms with van der Waals surface area (Å²) in [7, 11) is 0. The number of rotatable bonds is 3. The molecule has 4 aliphatic rings. The van der Waals surface area contributed by atoms with Crippen LogP contribution in [0.4, 0.5) is 5.13 Å². The third-order valence-electron chi connectivity index (χ3n) is 5.94. The molecule has 2 aromatic heterocycles. The summed E-state index contributed by atoms with van der Waals surface area (Å²) in [5, 5.41) is 18.0. The van der Waals surface area contributed by atoms with E-state index in [1.54, 1.807) is 11.0 Å². The number of tetrazole rings is 1. The van der Waals surface area contributed by atoms with Crippen LogP contribution in [0.5, 0.6) is 0 Å². The predicted molar refractivity (Wildman–Crippen MR) is 83.6 cm³/mol. The van der Waals surface area contributed by atoms with Crippen molar-refractivity contribution in [2.75, 3.05) is 5.32 Å². The minimum absolute atomic E-state index is 0.124. The number of aromatic nitrogens is 5. The predicted octanol–water partition coefficient (Wildman–Crippen LogP) is 2.06. The molecule has 2 unspecified atom stereocenters. The van der Waals surface area contributed by atoms with Gasteiger partial charge in [-0.05, 0) is 55.6 Å². The molecule has 1 N–H and O–H groups in total. The van der Waals surface area contributed by atoms with E-state index < -0.39 is 0 Å². The standard InChI is InChI=1S/C15H18N6OS/c22-12(19-13-16-1-2-23-13)14-4-10-3-11(5-14)7-15(6-10,8-14)21-18-9-17-20-21/h1-2,9-11H,3-8H2,(H,16,19,22)/t10-,11+,14?,15?. The quantitative estimate of drug-likeness (QED) is 0.931. The summed E-state index contributed by atoms with van der Waals surface area (Å²) in [5.74, 6) is 1.31. The van der Waals surface area contributed by atoms with E-state index >= 15 is 0 Å². The topological polar surface area (TPSA) is 85.6 Å². The van der Waals surface area contributed by atoms with Gasteiger partial charge in [0.25, 0.3) is 0 Å². The van der Waals surface area contributed by atoms with E-state index in [1.165, 1.54) is 24.1 Å².